The smallest absolute Gasteiger partial charge is 0.336 e. The number of H-pyrrole nitrogens is 1. The van der Waals surface area contributed by atoms with Gasteiger partial charge in [0.15, 0.2) is 0 Å². The van der Waals surface area contributed by atoms with E-state index < -0.39 is 17.4 Å². The minimum absolute atomic E-state index is 0.0881. The summed E-state index contributed by atoms with van der Waals surface area (Å²) in [5, 5.41) is 11.9. The lowest BCUT2D eigenvalue weighted by Crippen LogP contribution is -2.30. The Balaban J connectivity index is 2.45. The SMILES string of the molecule is Cc1cc(C)c(C(=O)O)cc1NC(=O)c1c(C)nc(C(C)(C)C)[nH]c1=O. The number of carbonyl (C=O) groups excluding carboxylic acids is 1. The molecule has 0 aliphatic heterocycles. The number of carbonyl (C=O) groups is 2. The molecule has 2 aromatic rings. The number of benzene rings is 1. The number of nitrogens with zero attached hydrogens (tertiary/aromatic N) is 1. The molecule has 0 aliphatic carbocycles. The molecule has 2 rings (SSSR count). The Morgan fingerprint density at radius 3 is 2.23 bits per heavy atom. The predicted octanol–water partition coefficient (Wildman–Crippen LogP) is 2.94. The van der Waals surface area contributed by atoms with Crippen LogP contribution in [0.1, 0.15) is 64.1 Å². The standard InChI is InChI=1S/C19H23N3O4/c1-9-7-10(2)13(8-12(9)17(25)26)21-15(23)14-11(3)20-18(19(4,5)6)22-16(14)24/h7-8H,1-6H3,(H,21,23)(H,25,26)(H,20,22,24). The lowest BCUT2D eigenvalue weighted by molar-refractivity contribution is 0.0695. The van der Waals surface area contributed by atoms with E-state index in [1.165, 1.54) is 6.07 Å². The maximum absolute atomic E-state index is 12.6. The fourth-order valence-electron chi connectivity index (χ4n) is 2.61. The van der Waals surface area contributed by atoms with Crippen molar-refractivity contribution in [2.45, 2.75) is 47.0 Å². The Labute approximate surface area is 151 Å². The summed E-state index contributed by atoms with van der Waals surface area (Å²) in [5.41, 5.74) is 1.09. The predicted molar refractivity (Wildman–Crippen MR) is 99.1 cm³/mol. The number of aromatic nitrogens is 2. The van der Waals surface area contributed by atoms with Crippen LogP contribution in [0.3, 0.4) is 0 Å². The summed E-state index contributed by atoms with van der Waals surface area (Å²) >= 11 is 0. The number of aromatic amines is 1. The van der Waals surface area contributed by atoms with Gasteiger partial charge in [0.05, 0.1) is 11.3 Å². The molecule has 0 spiro atoms. The van der Waals surface area contributed by atoms with Gasteiger partial charge in [0.2, 0.25) is 0 Å². The lowest BCUT2D eigenvalue weighted by Gasteiger charge is -2.18. The van der Waals surface area contributed by atoms with Crippen LogP contribution in [0.25, 0.3) is 0 Å². The Hall–Kier alpha value is -2.96. The zero-order valence-corrected chi connectivity index (χ0v) is 15.8. The summed E-state index contributed by atoms with van der Waals surface area (Å²) in [5.74, 6) is -1.21. The van der Waals surface area contributed by atoms with Gasteiger partial charge in [-0.2, -0.15) is 0 Å². The average Bonchev–Trinajstić information content (AvgIpc) is 2.47. The molecule has 1 aromatic carbocycles. The highest BCUT2D eigenvalue weighted by molar-refractivity contribution is 6.05. The maximum Gasteiger partial charge on any atom is 0.336 e. The van der Waals surface area contributed by atoms with E-state index in [2.05, 4.69) is 15.3 Å². The monoisotopic (exact) mass is 357 g/mol. The minimum Gasteiger partial charge on any atom is -0.478 e. The molecule has 0 bridgehead atoms. The summed E-state index contributed by atoms with van der Waals surface area (Å²) in [6.45, 7) is 10.8. The quantitative estimate of drug-likeness (QED) is 0.782. The van der Waals surface area contributed by atoms with Crippen LogP contribution in [0.15, 0.2) is 16.9 Å². The van der Waals surface area contributed by atoms with Crippen molar-refractivity contribution >= 4 is 17.6 Å². The Bertz CT molecular complexity index is 952. The normalized spacial score (nSPS) is 11.3. The van der Waals surface area contributed by atoms with E-state index in [9.17, 15) is 19.5 Å². The average molecular weight is 357 g/mol. The highest BCUT2D eigenvalue weighted by Gasteiger charge is 2.23. The molecular formula is C19H23N3O4. The maximum atomic E-state index is 12.6. The van der Waals surface area contributed by atoms with E-state index in [4.69, 9.17) is 0 Å². The fourth-order valence-corrected chi connectivity index (χ4v) is 2.61. The van der Waals surface area contributed by atoms with E-state index in [1.54, 1.807) is 26.8 Å². The third kappa shape index (κ3) is 3.82. The molecule has 3 N–H and O–H groups in total. The third-order valence-corrected chi connectivity index (χ3v) is 4.09. The Kier molecular flexibility index (Phi) is 5.02. The van der Waals surface area contributed by atoms with Crippen LogP contribution in [0.4, 0.5) is 5.69 Å². The second-order valence-electron chi connectivity index (χ2n) is 7.37. The molecule has 1 aromatic heterocycles. The lowest BCUT2D eigenvalue weighted by atomic mass is 9.95. The highest BCUT2D eigenvalue weighted by Crippen LogP contribution is 2.22. The first-order chi connectivity index (χ1) is 11.9. The number of hydrogen-bond acceptors (Lipinski definition) is 4. The van der Waals surface area contributed by atoms with Gasteiger partial charge in [0.25, 0.3) is 11.5 Å². The van der Waals surface area contributed by atoms with Crippen LogP contribution >= 0.6 is 0 Å². The number of nitrogens with one attached hydrogen (secondary N) is 2. The van der Waals surface area contributed by atoms with Crippen LogP contribution in [0, 0.1) is 20.8 Å². The summed E-state index contributed by atoms with van der Waals surface area (Å²) in [6.07, 6.45) is 0. The largest absolute Gasteiger partial charge is 0.478 e. The molecule has 0 saturated heterocycles. The van der Waals surface area contributed by atoms with E-state index in [0.717, 1.165) is 0 Å². The number of aromatic carboxylic acids is 1. The first kappa shape index (κ1) is 19.4. The van der Waals surface area contributed by atoms with Crippen molar-refractivity contribution in [3.63, 3.8) is 0 Å². The van der Waals surface area contributed by atoms with Gasteiger partial charge in [-0.05, 0) is 38.0 Å². The number of carboxylic acid groups (broad SMARTS) is 1. The number of rotatable bonds is 3. The number of hydrogen-bond donors (Lipinski definition) is 3. The topological polar surface area (TPSA) is 112 Å². The number of aryl methyl sites for hydroxylation is 3. The second kappa shape index (κ2) is 6.74. The van der Waals surface area contributed by atoms with Gasteiger partial charge in [0.1, 0.15) is 11.4 Å². The summed E-state index contributed by atoms with van der Waals surface area (Å²) in [7, 11) is 0. The van der Waals surface area contributed by atoms with Gasteiger partial charge in [-0.1, -0.05) is 26.8 Å². The molecule has 1 heterocycles. The van der Waals surface area contributed by atoms with Crippen LogP contribution in [-0.4, -0.2) is 27.0 Å². The van der Waals surface area contributed by atoms with Crippen molar-refractivity contribution in [3.05, 3.63) is 56.3 Å². The second-order valence-corrected chi connectivity index (χ2v) is 7.37. The summed E-state index contributed by atoms with van der Waals surface area (Å²) < 4.78 is 0. The van der Waals surface area contributed by atoms with Crippen LogP contribution in [-0.2, 0) is 5.41 Å². The Morgan fingerprint density at radius 1 is 1.12 bits per heavy atom. The summed E-state index contributed by atoms with van der Waals surface area (Å²) in [4.78, 5) is 43.3. The molecular weight excluding hydrogens is 334 g/mol. The molecule has 0 radical (unpaired) electrons. The van der Waals surface area contributed by atoms with Gasteiger partial charge < -0.3 is 15.4 Å². The molecule has 7 nitrogen and oxygen atoms in total. The van der Waals surface area contributed by atoms with E-state index in [0.29, 0.717) is 28.3 Å². The molecule has 138 valence electrons. The fraction of sp³-hybridized carbons (Fsp3) is 0.368. The molecule has 0 unspecified atom stereocenters. The van der Waals surface area contributed by atoms with E-state index in [1.807, 2.05) is 20.8 Å². The van der Waals surface area contributed by atoms with Gasteiger partial charge in [-0.25, -0.2) is 9.78 Å². The van der Waals surface area contributed by atoms with Gasteiger partial charge in [0, 0.05) is 11.1 Å². The van der Waals surface area contributed by atoms with Crippen molar-refractivity contribution in [1.82, 2.24) is 9.97 Å². The number of anilines is 1. The van der Waals surface area contributed by atoms with Crippen LogP contribution in [0.2, 0.25) is 0 Å². The zero-order valence-electron chi connectivity index (χ0n) is 15.8. The van der Waals surface area contributed by atoms with Gasteiger partial charge in [-0.15, -0.1) is 0 Å². The first-order valence-electron chi connectivity index (χ1n) is 8.19. The summed E-state index contributed by atoms with van der Waals surface area (Å²) in [6, 6.07) is 3.07. The third-order valence-electron chi connectivity index (χ3n) is 4.09. The van der Waals surface area contributed by atoms with Crippen molar-refractivity contribution in [3.8, 4) is 0 Å². The van der Waals surface area contributed by atoms with Crippen molar-refractivity contribution in [2.24, 2.45) is 0 Å². The Morgan fingerprint density at radius 2 is 1.73 bits per heavy atom. The number of carboxylic acids is 1. The molecule has 0 aliphatic rings. The molecule has 1 amide bonds. The van der Waals surface area contributed by atoms with E-state index in [-0.39, 0.29) is 16.5 Å². The molecule has 26 heavy (non-hydrogen) atoms. The van der Waals surface area contributed by atoms with E-state index >= 15 is 0 Å². The van der Waals surface area contributed by atoms with Crippen LogP contribution in [0.5, 0.6) is 0 Å². The van der Waals surface area contributed by atoms with Crippen LogP contribution < -0.4 is 10.9 Å². The molecule has 0 atom stereocenters. The molecule has 0 saturated carbocycles. The first-order valence-corrected chi connectivity index (χ1v) is 8.19. The van der Waals surface area contributed by atoms with Crippen molar-refractivity contribution < 1.29 is 14.7 Å². The molecule has 0 fully saturated rings. The minimum atomic E-state index is -1.08. The zero-order chi connectivity index (χ0) is 19.8. The van der Waals surface area contributed by atoms with Crippen molar-refractivity contribution in [2.75, 3.05) is 5.32 Å². The highest BCUT2D eigenvalue weighted by atomic mass is 16.4. The van der Waals surface area contributed by atoms with Crippen molar-refractivity contribution in [1.29, 1.82) is 0 Å². The number of amides is 1. The van der Waals surface area contributed by atoms with Gasteiger partial charge >= 0.3 is 5.97 Å². The van der Waals surface area contributed by atoms with Gasteiger partial charge in [-0.3, -0.25) is 9.59 Å². The molecule has 7 heteroatoms.